The van der Waals surface area contributed by atoms with Gasteiger partial charge in [-0.25, -0.2) is 27.6 Å². The van der Waals surface area contributed by atoms with E-state index in [1.165, 1.54) is 89.5 Å². The largest absolute Gasteiger partial charge is 0.461 e. The normalized spacial score (nSPS) is 11.8. The summed E-state index contributed by atoms with van der Waals surface area (Å²) in [4.78, 5) is 74.7. The highest BCUT2D eigenvalue weighted by molar-refractivity contribution is 8.14. The number of fused-ring (bicyclic) bond motifs is 2. The van der Waals surface area contributed by atoms with E-state index in [-0.39, 0.29) is 87.6 Å². The molecule has 31 heteroatoms. The van der Waals surface area contributed by atoms with Crippen LogP contribution in [0.4, 0.5) is 0 Å². The number of ether oxygens (including phenoxy) is 8. The molecule has 0 fully saturated rings. The maximum atomic E-state index is 12.9. The van der Waals surface area contributed by atoms with Crippen LogP contribution in [0.3, 0.4) is 0 Å². The summed E-state index contributed by atoms with van der Waals surface area (Å²) in [7, 11) is -6.43. The second kappa shape index (κ2) is 70.4. The summed E-state index contributed by atoms with van der Waals surface area (Å²) in [5.41, 5.74) is 5.33. The molecule has 4 unspecified atom stereocenters. The van der Waals surface area contributed by atoms with E-state index in [0.29, 0.717) is 55.3 Å². The van der Waals surface area contributed by atoms with E-state index >= 15 is 0 Å². The number of thioether (sulfide) groups is 1. The molecule has 0 spiro atoms. The van der Waals surface area contributed by atoms with Crippen LogP contribution >= 0.6 is 35.1 Å². The zero-order valence-electron chi connectivity index (χ0n) is 79.3. The smallest absolute Gasteiger partial charge is 0.333 e. The lowest BCUT2D eigenvalue weighted by Crippen LogP contribution is -2.30. The molecule has 4 atom stereocenters. The maximum absolute atomic E-state index is 12.9. The number of aryl methyl sites for hydroxylation is 3. The molecule has 724 valence electrons. The van der Waals surface area contributed by atoms with Crippen molar-refractivity contribution in [1.82, 2.24) is 9.80 Å². The van der Waals surface area contributed by atoms with E-state index in [1.807, 2.05) is 113 Å². The number of aliphatic hydroxyl groups excluding tert-OH is 1. The fourth-order valence-electron chi connectivity index (χ4n) is 10.3. The molecule has 0 saturated heterocycles. The first kappa shape index (κ1) is 122. The average molecular weight is 1930 g/mol. The first-order valence-electron chi connectivity index (χ1n) is 43.8. The number of benzene rings is 7. The molecular weight excluding hydrogens is 1780 g/mol. The highest BCUT2D eigenvalue weighted by atomic mass is 35.7. The minimum absolute atomic E-state index is 0.00849. The third-order valence-electron chi connectivity index (χ3n) is 18.2. The average Bonchev–Trinajstić information content (AvgIpc) is 0.819. The summed E-state index contributed by atoms with van der Waals surface area (Å²) >= 11 is 4.98. The van der Waals surface area contributed by atoms with Crippen molar-refractivity contribution in [2.45, 2.75) is 207 Å². The minimum Gasteiger partial charge on any atom is -0.461 e. The van der Waals surface area contributed by atoms with Gasteiger partial charge in [-0.05, 0) is 183 Å². The standard InChI is InChI=1S/C22H26O4S.2C18H26O6S.C11H20O4.C11H8OS.C7H7ClO2S.2C6H15N/c1-4-5-13-25-14-18(15-26-21(23)16(2)3)27-22(24)20-12-8-10-17-9-6-7-11-19(17)20;2*1-5-6-11-22-12-16(13-23-18(19)14(2)3)24-25(20,21)17-9-7-15(4)8-10-17;1-4-5-6-14-7-10(12)8-15-11(13)9(2)3;12-11(13)10-7-3-5-8-4-1-2-6-9(8)10;1-6-2-4-7(5-3-6)11(8,9)10;2*1-4-7(5-2)6-3/h6-12,18H,2,4-5,13-15H2,1,3H3;2*7-10,16H,2,5-6,11-13H2,1,3-4H3;10,12H,2,4-8H2,1,3H3;1-7H,(H,12,13);2-5H,1H3;2*4-6H2,1-3H3. The number of carbonyl (C=O) groups is 6. The Morgan fingerprint density at radius 1 is 0.385 bits per heavy atom. The molecule has 0 bridgehead atoms. The van der Waals surface area contributed by atoms with E-state index in [4.69, 9.17) is 56.9 Å². The van der Waals surface area contributed by atoms with Crippen LogP contribution in [-0.4, -0.2) is 216 Å². The summed E-state index contributed by atoms with van der Waals surface area (Å²) in [6, 6.07) is 45.9. The van der Waals surface area contributed by atoms with Gasteiger partial charge in [-0.1, -0.05) is 259 Å². The number of esters is 4. The molecule has 7 aromatic rings. The van der Waals surface area contributed by atoms with Gasteiger partial charge in [0.2, 0.25) is 10.2 Å². The molecule has 0 aliphatic heterocycles. The van der Waals surface area contributed by atoms with Gasteiger partial charge in [-0.2, -0.15) is 16.8 Å². The molecule has 7 rings (SSSR count). The van der Waals surface area contributed by atoms with Crippen LogP contribution in [0.15, 0.2) is 221 Å². The Kier molecular flexibility index (Phi) is 66.0. The Labute approximate surface area is 789 Å². The van der Waals surface area contributed by atoms with Crippen molar-refractivity contribution in [2.24, 2.45) is 0 Å². The second-order valence-corrected chi connectivity index (χ2v) is 37.1. The lowest BCUT2D eigenvalue weighted by Gasteiger charge is -2.18. The molecule has 7 aromatic carbocycles. The van der Waals surface area contributed by atoms with Crippen molar-refractivity contribution in [1.29, 1.82) is 0 Å². The molecule has 25 nitrogen and oxygen atoms in total. The van der Waals surface area contributed by atoms with Gasteiger partial charge in [0, 0.05) is 70.5 Å². The van der Waals surface area contributed by atoms with E-state index in [2.05, 4.69) is 104 Å². The number of hydrogen-bond acceptors (Lipinski definition) is 26. The predicted octanol–water partition coefficient (Wildman–Crippen LogP) is 19.8. The van der Waals surface area contributed by atoms with Crippen LogP contribution in [0, 0.1) is 20.8 Å². The van der Waals surface area contributed by atoms with Crippen LogP contribution in [0.2, 0.25) is 0 Å². The first-order valence-corrected chi connectivity index (χ1v) is 50.2. The van der Waals surface area contributed by atoms with Gasteiger partial charge < -0.3 is 52.8 Å². The van der Waals surface area contributed by atoms with E-state index < -0.39 is 71.5 Å². The summed E-state index contributed by atoms with van der Waals surface area (Å²) in [5.74, 6) is -2.14. The lowest BCUT2D eigenvalue weighted by molar-refractivity contribution is -0.143. The summed E-state index contributed by atoms with van der Waals surface area (Å²) in [5, 5.41) is 12.8. The zero-order valence-corrected chi connectivity index (χ0v) is 84.2. The number of nitrogens with zero attached hydrogens (tertiary/aromatic N) is 2. The molecule has 0 amide bonds. The predicted molar refractivity (Wildman–Crippen MR) is 527 cm³/mol. The summed E-state index contributed by atoms with van der Waals surface area (Å²) < 4.78 is 123. The number of rotatable bonds is 48. The monoisotopic (exact) mass is 1920 g/mol. The maximum Gasteiger partial charge on any atom is 0.333 e. The van der Waals surface area contributed by atoms with Crippen LogP contribution in [0.25, 0.3) is 21.5 Å². The Bertz CT molecular complexity index is 4680. The Hall–Kier alpha value is -8.28. The number of aliphatic hydroxyl groups is 1. The quantitative estimate of drug-likeness (QED) is 0.00680. The molecule has 0 saturated carbocycles. The zero-order chi connectivity index (χ0) is 98.2. The second-order valence-electron chi connectivity index (χ2n) is 29.7. The molecular formula is C99H143ClN2O23S5. The third-order valence-corrected chi connectivity index (χ3v) is 23.6. The van der Waals surface area contributed by atoms with Crippen LogP contribution in [-0.2, 0) is 94.7 Å². The number of thiol groups is 1. The van der Waals surface area contributed by atoms with Crippen molar-refractivity contribution in [3.63, 3.8) is 0 Å². The van der Waals surface area contributed by atoms with Crippen molar-refractivity contribution < 1.29 is 105 Å². The fraction of sp³-hybridized carbons (Fsp3) is 0.475. The molecule has 0 heterocycles. The molecule has 0 aromatic heterocycles. The van der Waals surface area contributed by atoms with E-state index in [9.17, 15) is 59.1 Å². The highest BCUT2D eigenvalue weighted by Gasteiger charge is 2.27. The molecule has 1 N–H and O–H groups in total. The van der Waals surface area contributed by atoms with Gasteiger partial charge in [-0.15, -0.1) is 12.6 Å². The molecule has 0 aliphatic carbocycles. The Morgan fingerprint density at radius 2 is 0.677 bits per heavy atom. The van der Waals surface area contributed by atoms with Crippen LogP contribution in [0.5, 0.6) is 0 Å². The molecule has 0 aliphatic rings. The van der Waals surface area contributed by atoms with Gasteiger partial charge >= 0.3 is 23.9 Å². The first-order chi connectivity index (χ1) is 61.6. The van der Waals surface area contributed by atoms with E-state index in [1.54, 1.807) is 56.3 Å². The van der Waals surface area contributed by atoms with Crippen LogP contribution < -0.4 is 0 Å². The molecule has 0 radical (unpaired) electrons. The topological polar surface area (TPSA) is 324 Å². The van der Waals surface area contributed by atoms with Gasteiger partial charge in [-0.3, -0.25) is 18.0 Å². The number of halogens is 1. The van der Waals surface area contributed by atoms with Gasteiger partial charge in [0.1, 0.15) is 44.7 Å². The van der Waals surface area contributed by atoms with E-state index in [0.717, 1.165) is 101 Å². The fourth-order valence-corrected chi connectivity index (χ4v) is 14.3. The SMILES string of the molecule is C=C(C)C(=O)OCC(COCCCC)OS(=O)(=O)c1ccc(C)cc1.C=C(C)C(=O)OCC(COCCCC)OS(=O)(=O)c1ccc(C)cc1.C=C(C)C(=O)OCC(COCCCC)SC(=O)c1cccc2ccccc12.C=C(C)C(=O)OCC(O)COCCCC.CCN(CC)CC.CCN(CC)CC.Cc1ccc(S(=O)(=O)Cl)cc1.O=C(S)c1cccc2ccccc12. The number of hydrogen-bond donors (Lipinski definition) is 2. The summed E-state index contributed by atoms with van der Waals surface area (Å²) in [6.45, 7) is 56.6. The van der Waals surface area contributed by atoms with Crippen LogP contribution in [0.1, 0.15) is 186 Å². The third kappa shape index (κ3) is 54.6. The Balaban J connectivity index is 0.00000152. The van der Waals surface area contributed by atoms with Gasteiger partial charge in [0.05, 0.1) is 46.4 Å². The minimum atomic E-state index is -3.98. The Morgan fingerprint density at radius 3 is 0.992 bits per heavy atom. The van der Waals surface area contributed by atoms with Crippen molar-refractivity contribution >= 4 is 120 Å². The number of unbranched alkanes of at least 4 members (excludes halogenated alkanes) is 4. The number of carbonyl (C=O) groups excluding carboxylic acids is 6. The van der Waals surface area contributed by atoms with Crippen molar-refractivity contribution in [2.75, 3.05) is 119 Å². The van der Waals surface area contributed by atoms with Crippen molar-refractivity contribution in [3.05, 3.63) is 234 Å². The lowest BCUT2D eigenvalue weighted by atomic mass is 10.1. The molecule has 130 heavy (non-hydrogen) atoms. The van der Waals surface area contributed by atoms with Crippen molar-refractivity contribution in [3.8, 4) is 0 Å². The van der Waals surface area contributed by atoms with Gasteiger partial charge in [0.25, 0.3) is 29.3 Å². The summed E-state index contributed by atoms with van der Waals surface area (Å²) in [6.07, 6.45) is 5.03. The highest BCUT2D eigenvalue weighted by Crippen LogP contribution is 2.27. The van der Waals surface area contributed by atoms with Gasteiger partial charge in [0.15, 0.2) is 0 Å².